The molecule has 0 fully saturated rings. The standard InChI is InChI=1S/C40H26N2O3/c1-40(2)44-38-19-15-27(42-34-10-6-4-8-28(34)31-22-26(41-3)14-17-35(31)42)23-33(38)30-16-12-25(21-39(30)45-40)24-13-18-37-32(20-24)29-9-5-7-11-36(29)43-37/h4-23H,1-2H3. The van der Waals surface area contributed by atoms with Gasteiger partial charge in [-0.1, -0.05) is 54.6 Å². The highest BCUT2D eigenvalue weighted by atomic mass is 16.7. The lowest BCUT2D eigenvalue weighted by atomic mass is 9.97. The van der Waals surface area contributed by atoms with E-state index in [1.807, 2.05) is 68.4 Å². The second-order valence-corrected chi connectivity index (χ2v) is 12.0. The number of nitrogens with zero attached hydrogens (tertiary/aromatic N) is 2. The van der Waals surface area contributed by atoms with Gasteiger partial charge in [0, 0.05) is 46.8 Å². The highest BCUT2D eigenvalue weighted by Gasteiger charge is 2.30. The quantitative estimate of drug-likeness (QED) is 0.190. The van der Waals surface area contributed by atoms with Gasteiger partial charge in [0.2, 0.25) is 5.79 Å². The van der Waals surface area contributed by atoms with Crippen LogP contribution in [-0.4, -0.2) is 10.4 Å². The minimum atomic E-state index is -0.881. The summed E-state index contributed by atoms with van der Waals surface area (Å²) in [6.45, 7) is 11.4. The predicted molar refractivity (Wildman–Crippen MR) is 181 cm³/mol. The number of hydrogen-bond acceptors (Lipinski definition) is 3. The molecule has 2 aromatic heterocycles. The molecule has 9 rings (SSSR count). The number of ether oxygens (including phenoxy) is 2. The van der Waals surface area contributed by atoms with Gasteiger partial charge in [-0.15, -0.1) is 0 Å². The zero-order valence-corrected chi connectivity index (χ0v) is 24.7. The van der Waals surface area contributed by atoms with Crippen LogP contribution in [0.3, 0.4) is 0 Å². The van der Waals surface area contributed by atoms with Gasteiger partial charge in [-0.25, -0.2) is 4.85 Å². The summed E-state index contributed by atoms with van der Waals surface area (Å²) in [5.41, 5.74) is 9.58. The fraction of sp³-hybridized carbons (Fsp3) is 0.0750. The van der Waals surface area contributed by atoms with Gasteiger partial charge in [0.15, 0.2) is 5.69 Å². The topological polar surface area (TPSA) is 40.9 Å². The molecule has 0 N–H and O–H groups in total. The molecule has 1 aliphatic heterocycles. The molecule has 3 heterocycles. The average Bonchev–Trinajstić information content (AvgIpc) is 3.56. The Bertz CT molecular complexity index is 2540. The molecule has 0 spiro atoms. The maximum absolute atomic E-state index is 7.54. The van der Waals surface area contributed by atoms with Crippen LogP contribution in [0.1, 0.15) is 13.8 Å². The highest BCUT2D eigenvalue weighted by molar-refractivity contribution is 6.10. The first kappa shape index (κ1) is 25.5. The second kappa shape index (κ2) is 9.25. The maximum Gasteiger partial charge on any atom is 0.245 e. The molecular formula is C40H26N2O3. The van der Waals surface area contributed by atoms with Gasteiger partial charge < -0.3 is 18.5 Å². The van der Waals surface area contributed by atoms with E-state index in [0.29, 0.717) is 5.69 Å². The van der Waals surface area contributed by atoms with E-state index < -0.39 is 5.79 Å². The summed E-state index contributed by atoms with van der Waals surface area (Å²) < 4.78 is 21.3. The molecule has 0 radical (unpaired) electrons. The van der Waals surface area contributed by atoms with Crippen molar-refractivity contribution in [3.05, 3.63) is 133 Å². The van der Waals surface area contributed by atoms with E-state index >= 15 is 0 Å². The van der Waals surface area contributed by atoms with Crippen LogP contribution in [0.2, 0.25) is 0 Å². The number of rotatable bonds is 2. The van der Waals surface area contributed by atoms with Crippen molar-refractivity contribution in [3.8, 4) is 39.4 Å². The molecule has 0 unspecified atom stereocenters. The van der Waals surface area contributed by atoms with E-state index in [0.717, 1.165) is 83.2 Å². The minimum absolute atomic E-state index is 0.630. The van der Waals surface area contributed by atoms with E-state index in [2.05, 4.69) is 76.1 Å². The minimum Gasteiger partial charge on any atom is -0.456 e. The Labute approximate surface area is 259 Å². The van der Waals surface area contributed by atoms with Crippen LogP contribution in [-0.2, 0) is 0 Å². The van der Waals surface area contributed by atoms with Crippen LogP contribution in [0.5, 0.6) is 11.5 Å². The molecule has 0 aliphatic carbocycles. The normalized spacial score (nSPS) is 13.6. The van der Waals surface area contributed by atoms with E-state index in [1.165, 1.54) is 0 Å². The maximum atomic E-state index is 7.54. The highest BCUT2D eigenvalue weighted by Crippen LogP contribution is 2.46. The molecule has 0 saturated heterocycles. The van der Waals surface area contributed by atoms with Crippen molar-refractivity contribution in [2.24, 2.45) is 0 Å². The van der Waals surface area contributed by atoms with Crippen molar-refractivity contribution in [2.75, 3.05) is 0 Å². The van der Waals surface area contributed by atoms with E-state index in [1.54, 1.807) is 0 Å². The number of benzene rings is 6. The third-order valence-electron chi connectivity index (χ3n) is 8.70. The monoisotopic (exact) mass is 582 g/mol. The van der Waals surface area contributed by atoms with Gasteiger partial charge in [-0.05, 0) is 83.2 Å². The molecule has 5 heteroatoms. The van der Waals surface area contributed by atoms with Crippen LogP contribution in [0.4, 0.5) is 5.69 Å². The number of furan rings is 1. The van der Waals surface area contributed by atoms with Gasteiger partial charge in [0.05, 0.1) is 17.6 Å². The fourth-order valence-electron chi connectivity index (χ4n) is 6.73. The molecule has 5 nitrogen and oxygen atoms in total. The van der Waals surface area contributed by atoms with Gasteiger partial charge in [0.1, 0.15) is 22.7 Å². The smallest absolute Gasteiger partial charge is 0.245 e. The molecule has 1 aliphatic rings. The van der Waals surface area contributed by atoms with Crippen molar-refractivity contribution >= 4 is 49.4 Å². The molecule has 0 atom stereocenters. The lowest BCUT2D eigenvalue weighted by Crippen LogP contribution is -2.34. The summed E-state index contributed by atoms with van der Waals surface area (Å²) in [4.78, 5) is 3.68. The van der Waals surface area contributed by atoms with Crippen molar-refractivity contribution < 1.29 is 13.9 Å². The molecule has 45 heavy (non-hydrogen) atoms. The Morgan fingerprint density at radius 3 is 2.20 bits per heavy atom. The molecular weight excluding hydrogens is 556 g/mol. The van der Waals surface area contributed by atoms with Crippen molar-refractivity contribution in [1.82, 2.24) is 4.57 Å². The number of para-hydroxylation sites is 2. The first-order chi connectivity index (χ1) is 22.0. The Kier molecular flexibility index (Phi) is 5.24. The summed E-state index contributed by atoms with van der Waals surface area (Å²) in [5, 5.41) is 4.36. The van der Waals surface area contributed by atoms with E-state index in [4.69, 9.17) is 20.5 Å². The molecule has 0 amide bonds. The largest absolute Gasteiger partial charge is 0.456 e. The van der Waals surface area contributed by atoms with Gasteiger partial charge in [-0.3, -0.25) is 0 Å². The van der Waals surface area contributed by atoms with E-state index in [9.17, 15) is 0 Å². The zero-order valence-electron chi connectivity index (χ0n) is 24.7. The number of hydrogen-bond donors (Lipinski definition) is 0. The summed E-state index contributed by atoms with van der Waals surface area (Å²) in [6.07, 6.45) is 0. The molecule has 0 bridgehead atoms. The third-order valence-corrected chi connectivity index (χ3v) is 8.70. The second-order valence-electron chi connectivity index (χ2n) is 12.0. The third kappa shape index (κ3) is 3.93. The zero-order chi connectivity index (χ0) is 30.3. The molecule has 214 valence electrons. The van der Waals surface area contributed by atoms with Crippen LogP contribution in [0.15, 0.2) is 126 Å². The first-order valence-electron chi connectivity index (χ1n) is 14.9. The number of fused-ring (bicyclic) bond motifs is 9. The summed E-state index contributed by atoms with van der Waals surface area (Å²) >= 11 is 0. The van der Waals surface area contributed by atoms with Crippen LogP contribution in [0, 0.1) is 6.57 Å². The predicted octanol–water partition coefficient (Wildman–Crippen LogP) is 11.1. The Balaban J connectivity index is 1.22. The Hall–Kier alpha value is -5.99. The lowest BCUT2D eigenvalue weighted by molar-refractivity contribution is -0.0778. The van der Waals surface area contributed by atoms with Crippen molar-refractivity contribution in [1.29, 1.82) is 0 Å². The Morgan fingerprint density at radius 1 is 0.578 bits per heavy atom. The lowest BCUT2D eigenvalue weighted by Gasteiger charge is -2.26. The Morgan fingerprint density at radius 2 is 1.31 bits per heavy atom. The summed E-state index contributed by atoms with van der Waals surface area (Å²) in [7, 11) is 0. The van der Waals surface area contributed by atoms with Crippen molar-refractivity contribution in [3.63, 3.8) is 0 Å². The van der Waals surface area contributed by atoms with Crippen LogP contribution >= 0.6 is 0 Å². The molecule has 6 aromatic carbocycles. The average molecular weight is 583 g/mol. The molecule has 8 aromatic rings. The van der Waals surface area contributed by atoms with E-state index in [-0.39, 0.29) is 0 Å². The fourth-order valence-corrected chi connectivity index (χ4v) is 6.73. The summed E-state index contributed by atoms with van der Waals surface area (Å²) in [5.74, 6) is 0.639. The van der Waals surface area contributed by atoms with Crippen LogP contribution in [0.25, 0.3) is 76.5 Å². The summed E-state index contributed by atoms with van der Waals surface area (Å²) in [6, 6.07) is 41.4. The number of aromatic nitrogens is 1. The van der Waals surface area contributed by atoms with Gasteiger partial charge >= 0.3 is 0 Å². The van der Waals surface area contributed by atoms with Gasteiger partial charge in [-0.2, -0.15) is 0 Å². The van der Waals surface area contributed by atoms with Gasteiger partial charge in [0.25, 0.3) is 0 Å². The van der Waals surface area contributed by atoms with Crippen molar-refractivity contribution in [2.45, 2.75) is 19.6 Å². The van der Waals surface area contributed by atoms with Crippen LogP contribution < -0.4 is 9.47 Å². The molecule has 0 saturated carbocycles. The first-order valence-corrected chi connectivity index (χ1v) is 14.9. The SMILES string of the molecule is [C-]#[N+]c1ccc2c(c1)c1ccccc1n2-c1ccc2c(c1)-c1ccc(-c3ccc4oc5ccccc5c4c3)cc1OC(C)(C)O2.